The molecule has 0 fully saturated rings. The van der Waals surface area contributed by atoms with Crippen molar-refractivity contribution in [3.63, 3.8) is 0 Å². The minimum absolute atomic E-state index is 0.0851. The largest absolute Gasteiger partial charge is 0.479 e. The van der Waals surface area contributed by atoms with Crippen molar-refractivity contribution in [3.8, 4) is 0 Å². The van der Waals surface area contributed by atoms with E-state index in [1.807, 2.05) is 13.8 Å². The Morgan fingerprint density at radius 1 is 1.50 bits per heavy atom. The minimum Gasteiger partial charge on any atom is -0.479 e. The zero-order valence-electron chi connectivity index (χ0n) is 12.2. The molecule has 0 saturated heterocycles. The molecule has 0 aliphatic carbocycles. The maximum absolute atomic E-state index is 11.6. The highest BCUT2D eigenvalue weighted by atomic mass is 16.5. The van der Waals surface area contributed by atoms with Crippen LogP contribution in [0.2, 0.25) is 0 Å². The molecule has 20 heavy (non-hydrogen) atoms. The summed E-state index contributed by atoms with van der Waals surface area (Å²) in [4.78, 5) is 22.7. The van der Waals surface area contributed by atoms with Crippen LogP contribution < -0.4 is 5.32 Å². The Morgan fingerprint density at radius 2 is 2.15 bits per heavy atom. The van der Waals surface area contributed by atoms with Gasteiger partial charge in [-0.2, -0.15) is 5.10 Å². The number of carbonyl (C=O) groups excluding carboxylic acids is 1. The molecule has 7 heteroatoms. The Kier molecular flexibility index (Phi) is 5.26. The summed E-state index contributed by atoms with van der Waals surface area (Å²) in [6.45, 7) is 7.21. The van der Waals surface area contributed by atoms with Crippen LogP contribution in [0.25, 0.3) is 0 Å². The van der Waals surface area contributed by atoms with Gasteiger partial charge < -0.3 is 15.2 Å². The third kappa shape index (κ3) is 4.34. The van der Waals surface area contributed by atoms with E-state index in [2.05, 4.69) is 10.4 Å². The summed E-state index contributed by atoms with van der Waals surface area (Å²) in [6.07, 6.45) is 3.24. The van der Waals surface area contributed by atoms with E-state index < -0.39 is 11.5 Å². The Labute approximate surface area is 117 Å². The van der Waals surface area contributed by atoms with Crippen LogP contribution in [-0.4, -0.2) is 39.5 Å². The van der Waals surface area contributed by atoms with Crippen LogP contribution in [0.5, 0.6) is 0 Å². The van der Waals surface area contributed by atoms with Gasteiger partial charge in [0.1, 0.15) is 0 Å². The number of nitrogens with one attached hydrogen (secondary N) is 1. The number of hydrogen-bond acceptors (Lipinski definition) is 4. The molecule has 1 amide bonds. The summed E-state index contributed by atoms with van der Waals surface area (Å²) in [5, 5.41) is 15.7. The summed E-state index contributed by atoms with van der Waals surface area (Å²) in [6, 6.07) is 0. The summed E-state index contributed by atoms with van der Waals surface area (Å²) < 4.78 is 6.58. The van der Waals surface area contributed by atoms with Gasteiger partial charge in [-0.05, 0) is 27.7 Å². The maximum Gasteiger partial charge on any atom is 0.331 e. The van der Waals surface area contributed by atoms with E-state index in [4.69, 9.17) is 9.84 Å². The second kappa shape index (κ2) is 6.51. The highest BCUT2D eigenvalue weighted by Gasteiger charge is 2.30. The Bertz CT molecular complexity index is 480. The lowest BCUT2D eigenvalue weighted by Crippen LogP contribution is -2.35. The van der Waals surface area contributed by atoms with Gasteiger partial charge in [-0.15, -0.1) is 0 Å². The van der Waals surface area contributed by atoms with Gasteiger partial charge in [-0.3, -0.25) is 9.48 Å². The molecule has 0 atom stereocenters. The first-order chi connectivity index (χ1) is 9.23. The molecule has 0 aromatic carbocycles. The van der Waals surface area contributed by atoms with Gasteiger partial charge in [0.15, 0.2) is 5.54 Å². The molecule has 0 aliphatic heterocycles. The number of aromatic nitrogens is 2. The fourth-order valence-electron chi connectivity index (χ4n) is 1.40. The van der Waals surface area contributed by atoms with Crippen molar-refractivity contribution in [3.05, 3.63) is 12.4 Å². The van der Waals surface area contributed by atoms with E-state index in [-0.39, 0.29) is 18.4 Å². The first-order valence-corrected chi connectivity index (χ1v) is 6.43. The molecule has 0 unspecified atom stereocenters. The molecule has 1 aromatic rings. The molecule has 0 aliphatic rings. The van der Waals surface area contributed by atoms with Gasteiger partial charge in [0.2, 0.25) is 5.91 Å². The smallest absolute Gasteiger partial charge is 0.331 e. The number of hydrogen-bond donors (Lipinski definition) is 2. The third-order valence-electron chi connectivity index (χ3n) is 2.74. The SMILES string of the molecule is CC(C)OCCC(=O)Nc1cnn(C(C)(C)C(=O)O)c1. The summed E-state index contributed by atoms with van der Waals surface area (Å²) in [7, 11) is 0. The van der Waals surface area contributed by atoms with Gasteiger partial charge >= 0.3 is 5.97 Å². The van der Waals surface area contributed by atoms with Crippen LogP contribution in [0, 0.1) is 0 Å². The van der Waals surface area contributed by atoms with Crippen molar-refractivity contribution < 1.29 is 19.4 Å². The number of rotatable bonds is 7. The second-order valence-corrected chi connectivity index (χ2v) is 5.26. The average molecular weight is 283 g/mol. The highest BCUT2D eigenvalue weighted by molar-refractivity contribution is 5.90. The van der Waals surface area contributed by atoms with E-state index in [1.165, 1.54) is 30.9 Å². The van der Waals surface area contributed by atoms with E-state index >= 15 is 0 Å². The lowest BCUT2D eigenvalue weighted by atomic mass is 10.1. The molecular formula is C13H21N3O4. The van der Waals surface area contributed by atoms with Crippen LogP contribution in [0.3, 0.4) is 0 Å². The fraction of sp³-hybridized carbons (Fsp3) is 0.615. The molecule has 0 spiro atoms. The molecule has 0 radical (unpaired) electrons. The van der Waals surface area contributed by atoms with Crippen molar-refractivity contribution in [1.82, 2.24) is 9.78 Å². The predicted octanol–water partition coefficient (Wildman–Crippen LogP) is 1.46. The standard InChI is InChI=1S/C13H21N3O4/c1-9(2)20-6-5-11(17)15-10-7-14-16(8-10)13(3,4)12(18)19/h7-9H,5-6H2,1-4H3,(H,15,17)(H,18,19). The summed E-state index contributed by atoms with van der Waals surface area (Å²) in [5.74, 6) is -1.19. The van der Waals surface area contributed by atoms with Crippen molar-refractivity contribution in [2.45, 2.75) is 45.8 Å². The molecule has 7 nitrogen and oxygen atoms in total. The van der Waals surface area contributed by atoms with Gasteiger partial charge in [0.05, 0.1) is 31.0 Å². The monoisotopic (exact) mass is 283 g/mol. The van der Waals surface area contributed by atoms with Gasteiger partial charge in [0.25, 0.3) is 0 Å². The summed E-state index contributed by atoms with van der Waals surface area (Å²) >= 11 is 0. The lowest BCUT2D eigenvalue weighted by Gasteiger charge is -2.19. The van der Waals surface area contributed by atoms with Crippen LogP contribution in [0.1, 0.15) is 34.1 Å². The second-order valence-electron chi connectivity index (χ2n) is 5.26. The van der Waals surface area contributed by atoms with Crippen LogP contribution in [0.15, 0.2) is 12.4 Å². The minimum atomic E-state index is -1.16. The number of carbonyl (C=O) groups is 2. The normalized spacial score (nSPS) is 11.7. The van der Waals surface area contributed by atoms with Crippen LogP contribution in [0.4, 0.5) is 5.69 Å². The zero-order valence-corrected chi connectivity index (χ0v) is 12.2. The highest BCUT2D eigenvalue weighted by Crippen LogP contribution is 2.17. The molecule has 0 saturated carbocycles. The third-order valence-corrected chi connectivity index (χ3v) is 2.74. The first-order valence-electron chi connectivity index (χ1n) is 6.43. The number of aliphatic carboxylic acids is 1. The van der Waals surface area contributed by atoms with Crippen molar-refractivity contribution in [2.24, 2.45) is 0 Å². The fourth-order valence-corrected chi connectivity index (χ4v) is 1.40. The molecule has 1 rings (SSSR count). The average Bonchev–Trinajstić information content (AvgIpc) is 2.77. The molecule has 0 bridgehead atoms. The quantitative estimate of drug-likeness (QED) is 0.790. The lowest BCUT2D eigenvalue weighted by molar-refractivity contribution is -0.146. The van der Waals surface area contributed by atoms with E-state index in [1.54, 1.807) is 0 Å². The first kappa shape index (κ1) is 16.2. The van der Waals surface area contributed by atoms with Gasteiger partial charge in [-0.1, -0.05) is 0 Å². The number of carboxylic acids is 1. The Hall–Kier alpha value is -1.89. The van der Waals surface area contributed by atoms with E-state index in [0.717, 1.165) is 0 Å². The van der Waals surface area contributed by atoms with Crippen LogP contribution in [-0.2, 0) is 19.9 Å². The van der Waals surface area contributed by atoms with Crippen molar-refractivity contribution in [2.75, 3.05) is 11.9 Å². The Morgan fingerprint density at radius 3 is 2.70 bits per heavy atom. The number of anilines is 1. The molecule has 1 heterocycles. The zero-order chi connectivity index (χ0) is 15.3. The van der Waals surface area contributed by atoms with E-state index in [0.29, 0.717) is 12.3 Å². The predicted molar refractivity (Wildman–Crippen MR) is 73.5 cm³/mol. The van der Waals surface area contributed by atoms with E-state index in [9.17, 15) is 9.59 Å². The number of nitrogens with zero attached hydrogens (tertiary/aromatic N) is 2. The summed E-state index contributed by atoms with van der Waals surface area (Å²) in [5.41, 5.74) is -0.696. The molecular weight excluding hydrogens is 262 g/mol. The maximum atomic E-state index is 11.6. The molecule has 112 valence electrons. The number of carboxylic acid groups (broad SMARTS) is 1. The molecule has 2 N–H and O–H groups in total. The number of ether oxygens (including phenoxy) is 1. The Balaban J connectivity index is 2.56. The molecule has 1 aromatic heterocycles. The van der Waals surface area contributed by atoms with Gasteiger partial charge in [-0.25, -0.2) is 4.79 Å². The van der Waals surface area contributed by atoms with Crippen molar-refractivity contribution >= 4 is 17.6 Å². The number of amides is 1. The topological polar surface area (TPSA) is 93.5 Å². The van der Waals surface area contributed by atoms with Crippen LogP contribution >= 0.6 is 0 Å². The van der Waals surface area contributed by atoms with Crippen molar-refractivity contribution in [1.29, 1.82) is 0 Å². The van der Waals surface area contributed by atoms with Gasteiger partial charge in [0, 0.05) is 6.20 Å².